The van der Waals surface area contributed by atoms with E-state index >= 15 is 0 Å². The molecule has 166 valence electrons. The Morgan fingerprint density at radius 3 is 2.22 bits per heavy atom. The largest absolute Gasteiger partial charge is 0.339 e. The van der Waals surface area contributed by atoms with Crippen LogP contribution in [0.15, 0.2) is 74.7 Å². The number of carbonyl (C=O) groups is 2. The van der Waals surface area contributed by atoms with Crippen molar-refractivity contribution in [2.45, 2.75) is 23.1 Å². The van der Waals surface area contributed by atoms with Gasteiger partial charge in [-0.15, -0.1) is 11.3 Å². The minimum absolute atomic E-state index is 0.208. The van der Waals surface area contributed by atoms with Crippen molar-refractivity contribution >= 4 is 49.0 Å². The number of piperidine rings is 1. The second-order valence-corrected chi connectivity index (χ2v) is 11.3. The highest BCUT2D eigenvalue weighted by atomic mass is 79.9. The fourth-order valence-corrected chi connectivity index (χ4v) is 6.27. The lowest BCUT2D eigenvalue weighted by Crippen LogP contribution is -2.46. The molecule has 32 heavy (non-hydrogen) atoms. The third-order valence-electron chi connectivity index (χ3n) is 5.37. The number of nitrogens with one attached hydrogen (secondary N) is 1. The van der Waals surface area contributed by atoms with Crippen molar-refractivity contribution in [2.24, 2.45) is 0 Å². The fourth-order valence-electron chi connectivity index (χ4n) is 3.69. The summed E-state index contributed by atoms with van der Waals surface area (Å²) in [6, 6.07) is 16.9. The molecule has 0 radical (unpaired) electrons. The zero-order valence-electron chi connectivity index (χ0n) is 17.0. The number of amides is 1. The number of rotatable bonds is 6. The molecule has 1 aliphatic heterocycles. The Bertz CT molecular complexity index is 1220. The molecule has 2 heterocycles. The van der Waals surface area contributed by atoms with Crippen LogP contribution in [0.4, 0.5) is 0 Å². The quantitative estimate of drug-likeness (QED) is 0.479. The Morgan fingerprint density at radius 1 is 0.938 bits per heavy atom. The molecule has 1 aromatic heterocycles. The van der Waals surface area contributed by atoms with Crippen LogP contribution in [0, 0.1) is 0 Å². The zero-order valence-corrected chi connectivity index (χ0v) is 20.3. The Kier molecular flexibility index (Phi) is 6.90. The van der Waals surface area contributed by atoms with Gasteiger partial charge in [-0.2, -0.15) is 0 Å². The molecule has 0 bridgehead atoms. The van der Waals surface area contributed by atoms with Crippen molar-refractivity contribution in [3.63, 3.8) is 0 Å². The topological polar surface area (TPSA) is 83.6 Å². The van der Waals surface area contributed by atoms with Crippen LogP contribution in [-0.4, -0.2) is 44.1 Å². The van der Waals surface area contributed by atoms with Gasteiger partial charge in [-0.3, -0.25) is 9.59 Å². The zero-order chi connectivity index (χ0) is 22.7. The van der Waals surface area contributed by atoms with E-state index in [1.54, 1.807) is 70.9 Å². The molecular formula is C23H21BrN2O4S2. The molecular weight excluding hydrogens is 512 g/mol. The van der Waals surface area contributed by atoms with Crippen molar-refractivity contribution in [1.82, 2.24) is 9.62 Å². The minimum atomic E-state index is -3.54. The first kappa shape index (κ1) is 22.8. The van der Waals surface area contributed by atoms with Gasteiger partial charge >= 0.3 is 0 Å². The molecule has 9 heteroatoms. The van der Waals surface area contributed by atoms with Crippen LogP contribution in [0.25, 0.3) is 0 Å². The summed E-state index contributed by atoms with van der Waals surface area (Å²) >= 11 is 4.54. The summed E-state index contributed by atoms with van der Waals surface area (Å²) in [5.41, 5.74) is 1.23. The number of halogens is 1. The van der Waals surface area contributed by atoms with Crippen LogP contribution >= 0.6 is 27.3 Å². The number of hydrogen-bond acceptors (Lipinski definition) is 5. The summed E-state index contributed by atoms with van der Waals surface area (Å²) in [5, 5.41) is 1.73. The number of sulfonamides is 1. The average Bonchev–Trinajstić information content (AvgIpc) is 3.35. The molecule has 0 aliphatic carbocycles. The number of carbonyl (C=O) groups excluding carboxylic acids is 2. The predicted molar refractivity (Wildman–Crippen MR) is 128 cm³/mol. The van der Waals surface area contributed by atoms with E-state index in [2.05, 4.69) is 20.7 Å². The molecule has 1 saturated heterocycles. The van der Waals surface area contributed by atoms with Crippen molar-refractivity contribution in [1.29, 1.82) is 0 Å². The highest BCUT2D eigenvalue weighted by molar-refractivity contribution is 9.10. The lowest BCUT2D eigenvalue weighted by Gasteiger charge is -2.32. The van der Waals surface area contributed by atoms with E-state index in [0.717, 1.165) is 4.47 Å². The first-order valence-electron chi connectivity index (χ1n) is 10.1. The van der Waals surface area contributed by atoms with Gasteiger partial charge < -0.3 is 4.90 Å². The van der Waals surface area contributed by atoms with Gasteiger partial charge in [0, 0.05) is 34.7 Å². The first-order chi connectivity index (χ1) is 15.3. The second kappa shape index (κ2) is 9.66. The smallest absolute Gasteiger partial charge is 0.254 e. The van der Waals surface area contributed by atoms with E-state index < -0.39 is 10.0 Å². The normalized spacial score (nSPS) is 15.0. The molecule has 4 rings (SSSR count). The van der Waals surface area contributed by atoms with Crippen LogP contribution in [-0.2, 0) is 10.0 Å². The van der Waals surface area contributed by atoms with Gasteiger partial charge in [0.1, 0.15) is 4.21 Å². The molecule has 0 saturated carbocycles. The monoisotopic (exact) mass is 532 g/mol. The summed E-state index contributed by atoms with van der Waals surface area (Å²) in [6.07, 6.45) is 1.03. The van der Waals surface area contributed by atoms with Gasteiger partial charge in [0.05, 0.1) is 5.56 Å². The van der Waals surface area contributed by atoms with Crippen molar-refractivity contribution < 1.29 is 18.0 Å². The summed E-state index contributed by atoms with van der Waals surface area (Å²) in [6.45, 7) is 0.828. The maximum Gasteiger partial charge on any atom is 0.254 e. The van der Waals surface area contributed by atoms with E-state index in [1.807, 2.05) is 0 Å². The molecule has 3 aromatic rings. The van der Waals surface area contributed by atoms with Gasteiger partial charge in [0.2, 0.25) is 10.0 Å². The number of ketones is 1. The Labute approximate surface area is 199 Å². The standard InChI is InChI=1S/C23H21BrN2O4S2/c24-17-9-7-16(8-10-17)22(27)19-4-1-2-5-20(19)23(28)26-13-11-18(12-14-26)25-32(29,30)21-6-3-15-31-21/h1-10,15,18,25H,11-14H2. The summed E-state index contributed by atoms with van der Waals surface area (Å²) in [4.78, 5) is 27.9. The summed E-state index contributed by atoms with van der Waals surface area (Å²) in [7, 11) is -3.54. The number of thiophene rings is 1. The summed E-state index contributed by atoms with van der Waals surface area (Å²) < 4.78 is 28.8. The first-order valence-corrected chi connectivity index (χ1v) is 13.2. The van der Waals surface area contributed by atoms with Crippen LogP contribution < -0.4 is 4.72 Å². The number of benzene rings is 2. The van der Waals surface area contributed by atoms with Gasteiger partial charge in [0.25, 0.3) is 5.91 Å². The van der Waals surface area contributed by atoms with Crippen molar-refractivity contribution in [2.75, 3.05) is 13.1 Å². The maximum absolute atomic E-state index is 13.2. The molecule has 6 nitrogen and oxygen atoms in total. The van der Waals surface area contributed by atoms with Gasteiger partial charge in [-0.05, 0) is 54.6 Å². The molecule has 1 amide bonds. The molecule has 1 aliphatic rings. The summed E-state index contributed by atoms with van der Waals surface area (Å²) in [5.74, 6) is -0.425. The van der Waals surface area contributed by atoms with E-state index in [9.17, 15) is 18.0 Å². The van der Waals surface area contributed by atoms with Crippen molar-refractivity contribution in [3.8, 4) is 0 Å². The predicted octanol–water partition coefficient (Wildman–Crippen LogP) is 4.32. The van der Waals surface area contributed by atoms with E-state index in [1.165, 1.54) is 11.3 Å². The Morgan fingerprint density at radius 2 is 1.59 bits per heavy atom. The molecule has 0 atom stereocenters. The second-order valence-electron chi connectivity index (χ2n) is 7.50. The van der Waals surface area contributed by atoms with Gasteiger partial charge in [-0.1, -0.05) is 40.2 Å². The SMILES string of the molecule is O=C(c1ccc(Br)cc1)c1ccccc1C(=O)N1CCC(NS(=O)(=O)c2cccs2)CC1. The Balaban J connectivity index is 1.45. The molecule has 2 aromatic carbocycles. The van der Waals surface area contributed by atoms with E-state index in [0.29, 0.717) is 42.6 Å². The lowest BCUT2D eigenvalue weighted by molar-refractivity contribution is 0.0707. The highest BCUT2D eigenvalue weighted by Crippen LogP contribution is 2.22. The lowest BCUT2D eigenvalue weighted by atomic mass is 9.96. The molecule has 0 unspecified atom stereocenters. The Hall–Kier alpha value is -2.33. The van der Waals surface area contributed by atoms with Crippen LogP contribution in [0.3, 0.4) is 0 Å². The minimum Gasteiger partial charge on any atom is -0.339 e. The number of nitrogens with zero attached hydrogens (tertiary/aromatic N) is 1. The molecule has 0 spiro atoms. The molecule has 1 fully saturated rings. The number of hydrogen-bond donors (Lipinski definition) is 1. The van der Waals surface area contributed by atoms with Crippen LogP contribution in [0.2, 0.25) is 0 Å². The van der Waals surface area contributed by atoms with Crippen LogP contribution in [0.5, 0.6) is 0 Å². The van der Waals surface area contributed by atoms with Gasteiger partial charge in [-0.25, -0.2) is 13.1 Å². The maximum atomic E-state index is 13.2. The average molecular weight is 533 g/mol. The molecule has 1 N–H and O–H groups in total. The third-order valence-corrected chi connectivity index (χ3v) is 8.82. The number of likely N-dealkylation sites (tertiary alicyclic amines) is 1. The highest BCUT2D eigenvalue weighted by Gasteiger charge is 2.29. The van der Waals surface area contributed by atoms with Crippen molar-refractivity contribution in [3.05, 3.63) is 87.2 Å². The third kappa shape index (κ3) is 5.01. The van der Waals surface area contributed by atoms with Gasteiger partial charge in [0.15, 0.2) is 5.78 Å². The van der Waals surface area contributed by atoms with E-state index in [4.69, 9.17) is 0 Å². The van der Waals surface area contributed by atoms with E-state index in [-0.39, 0.29) is 21.9 Å². The van der Waals surface area contributed by atoms with Crippen LogP contribution in [0.1, 0.15) is 39.1 Å². The fraction of sp³-hybridized carbons (Fsp3) is 0.217.